The lowest BCUT2D eigenvalue weighted by Gasteiger charge is -2.31. The molecule has 0 unspecified atom stereocenters. The summed E-state index contributed by atoms with van der Waals surface area (Å²) in [6.45, 7) is 0.969. The first-order valence-corrected chi connectivity index (χ1v) is 8.72. The van der Waals surface area contributed by atoms with Gasteiger partial charge in [0.25, 0.3) is 0 Å². The van der Waals surface area contributed by atoms with Crippen molar-refractivity contribution in [2.45, 2.75) is 25.7 Å². The Balaban J connectivity index is 1.69. The fraction of sp³-hybridized carbons (Fsp3) is 0.500. The lowest BCUT2D eigenvalue weighted by molar-refractivity contribution is 0.359. The molecule has 0 atom stereocenters. The molecule has 19 heavy (non-hydrogen) atoms. The third kappa shape index (κ3) is 3.11. The van der Waals surface area contributed by atoms with Crippen LogP contribution in [0.15, 0.2) is 27.7 Å². The zero-order chi connectivity index (χ0) is 13.3. The van der Waals surface area contributed by atoms with Crippen molar-refractivity contribution in [1.29, 1.82) is 0 Å². The second-order valence-electron chi connectivity index (χ2n) is 5.37. The predicted molar refractivity (Wildman–Crippen MR) is 88.4 cm³/mol. The number of hydrogen-bond donors (Lipinski definition) is 1. The summed E-state index contributed by atoms with van der Waals surface area (Å²) in [4.78, 5) is 4.72. The molecule has 0 amide bonds. The Morgan fingerprint density at radius 3 is 2.74 bits per heavy atom. The first-order valence-electron chi connectivity index (χ1n) is 6.56. The highest BCUT2D eigenvalue weighted by Crippen LogP contribution is 2.43. The summed E-state index contributed by atoms with van der Waals surface area (Å²) in [7, 11) is 0. The van der Waals surface area contributed by atoms with Gasteiger partial charge in [-0.05, 0) is 36.5 Å². The SMILES string of the molecule is Clc1cc(Br)ccc1NC1=NCC2(CCCC2)CS1. The van der Waals surface area contributed by atoms with Crippen molar-refractivity contribution in [1.82, 2.24) is 0 Å². The summed E-state index contributed by atoms with van der Waals surface area (Å²) in [5, 5.41) is 5.07. The molecular formula is C14H16BrClN2S. The minimum absolute atomic E-state index is 0.485. The van der Waals surface area contributed by atoms with Gasteiger partial charge in [0.2, 0.25) is 0 Å². The van der Waals surface area contributed by atoms with Crippen molar-refractivity contribution in [2.75, 3.05) is 17.6 Å². The van der Waals surface area contributed by atoms with E-state index < -0.39 is 0 Å². The number of nitrogens with zero attached hydrogens (tertiary/aromatic N) is 1. The Morgan fingerprint density at radius 1 is 1.32 bits per heavy atom. The van der Waals surface area contributed by atoms with Crippen LogP contribution < -0.4 is 5.32 Å². The Morgan fingerprint density at radius 2 is 2.11 bits per heavy atom. The van der Waals surface area contributed by atoms with Crippen molar-refractivity contribution >= 4 is 50.1 Å². The Labute approximate surface area is 131 Å². The van der Waals surface area contributed by atoms with Crippen molar-refractivity contribution in [3.63, 3.8) is 0 Å². The van der Waals surface area contributed by atoms with E-state index in [-0.39, 0.29) is 0 Å². The highest BCUT2D eigenvalue weighted by Gasteiger charge is 2.36. The minimum atomic E-state index is 0.485. The maximum absolute atomic E-state index is 6.21. The van der Waals surface area contributed by atoms with Crippen molar-refractivity contribution in [3.8, 4) is 0 Å². The van der Waals surface area contributed by atoms with Gasteiger partial charge in [-0.1, -0.05) is 52.1 Å². The van der Waals surface area contributed by atoms with Gasteiger partial charge in [0.05, 0.1) is 10.7 Å². The maximum Gasteiger partial charge on any atom is 0.161 e. The molecule has 102 valence electrons. The average molecular weight is 360 g/mol. The van der Waals surface area contributed by atoms with Crippen LogP contribution in [0.3, 0.4) is 0 Å². The van der Waals surface area contributed by atoms with E-state index in [0.717, 1.165) is 26.9 Å². The van der Waals surface area contributed by atoms with Crippen LogP contribution in [-0.2, 0) is 0 Å². The predicted octanol–water partition coefficient (Wildman–Crippen LogP) is 5.18. The fourth-order valence-corrected chi connectivity index (χ4v) is 4.64. The third-order valence-corrected chi connectivity index (χ3v) is 5.98. The number of halogens is 2. The number of thioether (sulfide) groups is 1. The van der Waals surface area contributed by atoms with E-state index in [9.17, 15) is 0 Å². The highest BCUT2D eigenvalue weighted by atomic mass is 79.9. The van der Waals surface area contributed by atoms with Gasteiger partial charge in [0.15, 0.2) is 5.17 Å². The van der Waals surface area contributed by atoms with E-state index in [1.165, 1.54) is 31.4 Å². The number of hydrogen-bond acceptors (Lipinski definition) is 3. The lowest BCUT2D eigenvalue weighted by atomic mass is 9.89. The Hall–Kier alpha value is -0.190. The van der Waals surface area contributed by atoms with Crippen molar-refractivity contribution in [3.05, 3.63) is 27.7 Å². The quantitative estimate of drug-likeness (QED) is 0.747. The van der Waals surface area contributed by atoms with E-state index in [1.807, 2.05) is 30.0 Å². The van der Waals surface area contributed by atoms with E-state index in [1.54, 1.807) is 0 Å². The van der Waals surface area contributed by atoms with Crippen LogP contribution in [0.2, 0.25) is 5.02 Å². The molecule has 1 aromatic carbocycles. The molecule has 2 nitrogen and oxygen atoms in total. The Bertz CT molecular complexity index is 512. The number of benzene rings is 1. The molecule has 0 saturated heterocycles. The summed E-state index contributed by atoms with van der Waals surface area (Å²) in [5.74, 6) is 1.19. The van der Waals surface area contributed by atoms with Crippen LogP contribution in [0.25, 0.3) is 0 Å². The van der Waals surface area contributed by atoms with E-state index >= 15 is 0 Å². The van der Waals surface area contributed by atoms with Crippen LogP contribution in [0.5, 0.6) is 0 Å². The molecule has 1 saturated carbocycles. The molecule has 0 radical (unpaired) electrons. The number of rotatable bonds is 1. The molecule has 1 aliphatic carbocycles. The molecule has 5 heteroatoms. The standard InChI is InChI=1S/C14H16BrClN2S/c15-10-3-4-12(11(16)7-10)18-13-17-8-14(9-19-13)5-1-2-6-14/h3-4,7H,1-2,5-6,8-9H2,(H,17,18). The first-order chi connectivity index (χ1) is 9.17. The number of amidine groups is 1. The molecule has 1 N–H and O–H groups in total. The van der Waals surface area contributed by atoms with E-state index in [2.05, 4.69) is 21.2 Å². The molecule has 0 aromatic heterocycles. The molecule has 1 fully saturated rings. The molecule has 1 heterocycles. The van der Waals surface area contributed by atoms with Crippen LogP contribution in [0.1, 0.15) is 25.7 Å². The van der Waals surface area contributed by atoms with Crippen LogP contribution in [0.4, 0.5) is 5.69 Å². The largest absolute Gasteiger partial charge is 0.334 e. The molecule has 1 spiro atoms. The van der Waals surface area contributed by atoms with Crippen molar-refractivity contribution < 1.29 is 0 Å². The Kier molecular flexibility index (Phi) is 4.11. The van der Waals surface area contributed by atoms with Gasteiger partial charge in [0.1, 0.15) is 0 Å². The van der Waals surface area contributed by atoms with Crippen LogP contribution in [0, 0.1) is 5.41 Å². The summed E-state index contributed by atoms with van der Waals surface area (Å²) in [6, 6.07) is 5.87. The zero-order valence-corrected chi connectivity index (χ0v) is 13.7. The molecule has 1 aliphatic heterocycles. The normalized spacial score (nSPS) is 21.5. The molecule has 0 bridgehead atoms. The second-order valence-corrected chi connectivity index (χ2v) is 7.65. The van der Waals surface area contributed by atoms with Crippen LogP contribution >= 0.6 is 39.3 Å². The zero-order valence-electron chi connectivity index (χ0n) is 10.6. The third-order valence-electron chi connectivity index (χ3n) is 3.91. The van der Waals surface area contributed by atoms with E-state index in [4.69, 9.17) is 16.6 Å². The highest BCUT2D eigenvalue weighted by molar-refractivity contribution is 9.10. The maximum atomic E-state index is 6.21. The summed E-state index contributed by atoms with van der Waals surface area (Å²) in [6.07, 6.45) is 5.43. The topological polar surface area (TPSA) is 24.4 Å². The molecule has 2 aliphatic rings. The number of aliphatic imine (C=N–C) groups is 1. The number of nitrogens with one attached hydrogen (secondary N) is 1. The van der Waals surface area contributed by atoms with Gasteiger partial charge in [-0.3, -0.25) is 4.99 Å². The lowest BCUT2D eigenvalue weighted by Crippen LogP contribution is -2.30. The van der Waals surface area contributed by atoms with Crippen molar-refractivity contribution in [2.24, 2.45) is 10.4 Å². The van der Waals surface area contributed by atoms with Gasteiger partial charge >= 0.3 is 0 Å². The van der Waals surface area contributed by atoms with E-state index in [0.29, 0.717) is 5.41 Å². The van der Waals surface area contributed by atoms with Gasteiger partial charge in [-0.25, -0.2) is 0 Å². The van der Waals surface area contributed by atoms with Gasteiger partial charge < -0.3 is 5.32 Å². The molecule has 3 rings (SSSR count). The van der Waals surface area contributed by atoms with Gasteiger partial charge in [0, 0.05) is 16.8 Å². The summed E-state index contributed by atoms with van der Waals surface area (Å²) in [5.41, 5.74) is 1.41. The number of anilines is 1. The smallest absolute Gasteiger partial charge is 0.161 e. The summed E-state index contributed by atoms with van der Waals surface area (Å²) >= 11 is 11.5. The fourth-order valence-electron chi connectivity index (χ4n) is 2.76. The molecule has 1 aromatic rings. The second kappa shape index (κ2) is 5.66. The first kappa shape index (κ1) is 13.8. The summed E-state index contributed by atoms with van der Waals surface area (Å²) < 4.78 is 0.992. The monoisotopic (exact) mass is 358 g/mol. The van der Waals surface area contributed by atoms with Gasteiger partial charge in [-0.15, -0.1) is 0 Å². The van der Waals surface area contributed by atoms with Crippen LogP contribution in [-0.4, -0.2) is 17.5 Å². The average Bonchev–Trinajstić information content (AvgIpc) is 2.84. The van der Waals surface area contributed by atoms with Gasteiger partial charge in [-0.2, -0.15) is 0 Å². The minimum Gasteiger partial charge on any atom is -0.334 e. The molecular weight excluding hydrogens is 344 g/mol.